The third-order valence-corrected chi connectivity index (χ3v) is 3.46. The first-order valence-corrected chi connectivity index (χ1v) is 7.23. The lowest BCUT2D eigenvalue weighted by molar-refractivity contribution is -0.190. The van der Waals surface area contributed by atoms with E-state index in [4.69, 9.17) is 5.73 Å². The Morgan fingerprint density at radius 1 is 1.35 bits per heavy atom. The molecular formula is C15H12F3N5O3. The van der Waals surface area contributed by atoms with Gasteiger partial charge in [0.15, 0.2) is 5.82 Å². The highest BCUT2D eigenvalue weighted by atomic mass is 19.4. The van der Waals surface area contributed by atoms with Crippen LogP contribution >= 0.6 is 0 Å². The Labute approximate surface area is 144 Å². The first-order valence-electron chi connectivity index (χ1n) is 7.23. The van der Waals surface area contributed by atoms with Gasteiger partial charge in [0.25, 0.3) is 0 Å². The molecule has 3 rings (SSSR count). The number of nitrogens with one attached hydrogen (secondary N) is 1. The molecule has 8 nitrogen and oxygen atoms in total. The molecule has 2 aromatic rings. The highest BCUT2D eigenvalue weighted by Gasteiger charge is 2.42. The van der Waals surface area contributed by atoms with Gasteiger partial charge in [-0.15, -0.1) is 0 Å². The summed E-state index contributed by atoms with van der Waals surface area (Å²) in [5, 5.41) is 2.43. The molecule has 3 N–H and O–H groups in total. The number of halogens is 3. The zero-order valence-electron chi connectivity index (χ0n) is 13.3. The summed E-state index contributed by atoms with van der Waals surface area (Å²) in [4.78, 5) is 32.0. The normalized spacial score (nSPS) is 13.8. The number of rotatable bonds is 2. The molecule has 0 saturated carbocycles. The van der Waals surface area contributed by atoms with Crippen LogP contribution in [0.1, 0.15) is 0 Å². The number of esters is 1. The van der Waals surface area contributed by atoms with E-state index in [9.17, 15) is 22.8 Å². The van der Waals surface area contributed by atoms with Gasteiger partial charge < -0.3 is 20.7 Å². The first kappa shape index (κ1) is 17.5. The number of amides is 1. The molecule has 0 unspecified atom stereocenters. The van der Waals surface area contributed by atoms with Crippen molar-refractivity contribution in [3.8, 4) is 17.3 Å². The Morgan fingerprint density at radius 2 is 2.08 bits per heavy atom. The van der Waals surface area contributed by atoms with Crippen LogP contribution in [0.15, 0.2) is 24.3 Å². The van der Waals surface area contributed by atoms with E-state index in [1.165, 1.54) is 4.90 Å². The lowest BCUT2D eigenvalue weighted by Gasteiger charge is -2.28. The molecule has 2 heterocycles. The molecular weight excluding hydrogens is 355 g/mol. The molecule has 0 aliphatic carbocycles. The van der Waals surface area contributed by atoms with Gasteiger partial charge in [-0.05, 0) is 12.1 Å². The molecule has 1 aliphatic heterocycles. The molecule has 1 aromatic heterocycles. The monoisotopic (exact) mass is 367 g/mol. The molecule has 11 heteroatoms. The number of aromatic nitrogens is 2. The number of nitrogen functional groups attached to an aromatic ring is 1. The summed E-state index contributed by atoms with van der Waals surface area (Å²) in [5.74, 6) is -2.96. The maximum Gasteiger partial charge on any atom is 0.491 e. The van der Waals surface area contributed by atoms with E-state index >= 15 is 0 Å². The largest absolute Gasteiger partial charge is 0.491 e. The fourth-order valence-corrected chi connectivity index (χ4v) is 2.42. The van der Waals surface area contributed by atoms with Gasteiger partial charge in [0, 0.05) is 18.3 Å². The maximum atomic E-state index is 12.4. The quantitative estimate of drug-likeness (QED) is 0.612. The average Bonchev–Trinajstić information content (AvgIpc) is 2.52. The van der Waals surface area contributed by atoms with Crippen molar-refractivity contribution in [3.63, 3.8) is 0 Å². The second-order valence-electron chi connectivity index (χ2n) is 5.47. The number of benzene rings is 1. The Balaban J connectivity index is 2.15. The van der Waals surface area contributed by atoms with E-state index in [1.807, 2.05) is 0 Å². The van der Waals surface area contributed by atoms with Gasteiger partial charge in [0.1, 0.15) is 11.4 Å². The third-order valence-electron chi connectivity index (χ3n) is 3.46. The predicted octanol–water partition coefficient (Wildman–Crippen LogP) is 1.58. The van der Waals surface area contributed by atoms with Crippen LogP contribution in [0.4, 0.5) is 30.4 Å². The number of carbonyl (C=O) groups is 2. The van der Waals surface area contributed by atoms with Crippen LogP contribution in [0.25, 0.3) is 11.3 Å². The molecule has 26 heavy (non-hydrogen) atoms. The smallest absolute Gasteiger partial charge is 0.399 e. The van der Waals surface area contributed by atoms with Crippen LogP contribution in [0, 0.1) is 0 Å². The van der Waals surface area contributed by atoms with Crippen LogP contribution in [0.2, 0.25) is 0 Å². The number of fused-ring (bicyclic) bond motifs is 1. The number of anilines is 3. The molecule has 1 aromatic carbocycles. The van der Waals surface area contributed by atoms with Gasteiger partial charge in [-0.3, -0.25) is 4.79 Å². The molecule has 0 bridgehead atoms. The van der Waals surface area contributed by atoms with Crippen molar-refractivity contribution < 1.29 is 27.5 Å². The number of likely N-dealkylation sites (N-methyl/N-ethyl adjacent to an activating group) is 1. The lowest BCUT2D eigenvalue weighted by atomic mass is 10.1. The summed E-state index contributed by atoms with van der Waals surface area (Å²) in [7, 11) is 1.60. The second kappa shape index (κ2) is 6.17. The molecule has 0 fully saturated rings. The zero-order chi connectivity index (χ0) is 19.1. The highest BCUT2D eigenvalue weighted by Crippen LogP contribution is 2.38. The van der Waals surface area contributed by atoms with Crippen molar-refractivity contribution in [1.82, 2.24) is 9.97 Å². The number of ether oxygens (including phenoxy) is 1. The summed E-state index contributed by atoms with van der Waals surface area (Å²) in [5.41, 5.74) is 7.12. The van der Waals surface area contributed by atoms with Crippen LogP contribution in [0.3, 0.4) is 0 Å². The summed E-state index contributed by atoms with van der Waals surface area (Å²) < 4.78 is 41.6. The molecule has 0 radical (unpaired) electrons. The fraction of sp³-hybridized carbons (Fsp3) is 0.200. The predicted molar refractivity (Wildman–Crippen MR) is 85.5 cm³/mol. The molecule has 1 aliphatic rings. The Morgan fingerprint density at radius 3 is 2.73 bits per heavy atom. The lowest BCUT2D eigenvalue weighted by Crippen LogP contribution is -2.37. The maximum absolute atomic E-state index is 12.4. The van der Waals surface area contributed by atoms with Crippen LogP contribution < -0.4 is 20.7 Å². The number of nitrogens with zero attached hydrogens (tertiary/aromatic N) is 3. The van der Waals surface area contributed by atoms with Gasteiger partial charge in [-0.25, -0.2) is 4.79 Å². The van der Waals surface area contributed by atoms with Gasteiger partial charge in [-0.1, -0.05) is 12.1 Å². The zero-order valence-corrected chi connectivity index (χ0v) is 13.3. The van der Waals surface area contributed by atoms with E-state index in [-0.39, 0.29) is 18.1 Å². The summed E-state index contributed by atoms with van der Waals surface area (Å²) in [6.07, 6.45) is -5.21. The Kier molecular flexibility index (Phi) is 4.14. The van der Waals surface area contributed by atoms with E-state index in [1.54, 1.807) is 31.3 Å². The topological polar surface area (TPSA) is 110 Å². The van der Waals surface area contributed by atoms with Crippen molar-refractivity contribution in [2.45, 2.75) is 6.18 Å². The minimum atomic E-state index is -5.21. The third kappa shape index (κ3) is 3.36. The number of alkyl halides is 3. The van der Waals surface area contributed by atoms with E-state index in [0.29, 0.717) is 16.9 Å². The minimum absolute atomic E-state index is 0.00659. The molecule has 0 spiro atoms. The van der Waals surface area contributed by atoms with Crippen molar-refractivity contribution in [3.05, 3.63) is 24.3 Å². The first-order chi connectivity index (χ1) is 12.1. The Hall–Kier alpha value is -3.37. The van der Waals surface area contributed by atoms with Gasteiger partial charge >= 0.3 is 18.2 Å². The van der Waals surface area contributed by atoms with Gasteiger partial charge in [0.2, 0.25) is 5.91 Å². The number of hydrogen-bond acceptors (Lipinski definition) is 7. The number of hydrogen-bond donors (Lipinski definition) is 2. The van der Waals surface area contributed by atoms with Crippen molar-refractivity contribution in [1.29, 1.82) is 0 Å². The van der Waals surface area contributed by atoms with Gasteiger partial charge in [-0.2, -0.15) is 23.1 Å². The number of nitrogens with two attached hydrogens (primary N) is 1. The highest BCUT2D eigenvalue weighted by molar-refractivity contribution is 6.03. The van der Waals surface area contributed by atoms with E-state index in [0.717, 1.165) is 0 Å². The standard InChI is InChI=1S/C15H12F3N5O3/c1-23-6-9(24)20-12-11(23)10(7-3-2-4-8(19)5-7)21-14(22-12)26-13(25)15(16,17)18/h2-5H,6,19H2,1H3,(H,20,21,22,24). The van der Waals surface area contributed by atoms with Crippen molar-refractivity contribution >= 4 is 29.1 Å². The second-order valence-corrected chi connectivity index (χ2v) is 5.47. The average molecular weight is 367 g/mol. The molecule has 136 valence electrons. The summed E-state index contributed by atoms with van der Waals surface area (Å²) in [6.45, 7) is -0.00659. The number of carbonyl (C=O) groups excluding carboxylic acids is 2. The van der Waals surface area contributed by atoms with Crippen LogP contribution in [0.5, 0.6) is 6.01 Å². The fourth-order valence-electron chi connectivity index (χ4n) is 2.42. The van der Waals surface area contributed by atoms with Crippen molar-refractivity contribution in [2.24, 2.45) is 0 Å². The van der Waals surface area contributed by atoms with Crippen LogP contribution in [-0.2, 0) is 9.59 Å². The minimum Gasteiger partial charge on any atom is -0.399 e. The summed E-state index contributed by atoms with van der Waals surface area (Å²) >= 11 is 0. The van der Waals surface area contributed by atoms with Crippen molar-refractivity contribution in [2.75, 3.05) is 29.5 Å². The van der Waals surface area contributed by atoms with Gasteiger partial charge in [0.05, 0.1) is 6.54 Å². The van der Waals surface area contributed by atoms with E-state index < -0.39 is 24.1 Å². The SMILES string of the molecule is CN1CC(=O)Nc2nc(OC(=O)C(F)(F)F)nc(-c3cccc(N)c3)c21. The Bertz CT molecular complexity index is 901. The molecule has 0 atom stereocenters. The molecule has 1 amide bonds. The van der Waals surface area contributed by atoms with E-state index in [2.05, 4.69) is 20.0 Å². The van der Waals surface area contributed by atoms with Crippen LogP contribution in [-0.4, -0.2) is 41.6 Å². The summed E-state index contributed by atoms with van der Waals surface area (Å²) in [6, 6.07) is 5.58. The molecule has 0 saturated heterocycles.